The first-order valence-corrected chi connectivity index (χ1v) is 9.12. The minimum Gasteiger partial charge on any atom is -0.618 e. The van der Waals surface area contributed by atoms with Crippen LogP contribution in [-0.2, 0) is 11.3 Å². The Morgan fingerprint density at radius 3 is 2.67 bits per heavy atom. The number of carbonyl (C=O) groups is 2. The van der Waals surface area contributed by atoms with Gasteiger partial charge in [-0.05, 0) is 42.1 Å². The van der Waals surface area contributed by atoms with Gasteiger partial charge in [0.15, 0.2) is 6.20 Å². The van der Waals surface area contributed by atoms with Crippen LogP contribution in [0.15, 0.2) is 76.5 Å². The monoisotopic (exact) mass is 383 g/mol. The summed E-state index contributed by atoms with van der Waals surface area (Å²) in [5.41, 5.74) is 0.754. The highest BCUT2D eigenvalue weighted by Crippen LogP contribution is 2.17. The van der Waals surface area contributed by atoms with E-state index in [9.17, 15) is 14.8 Å². The summed E-state index contributed by atoms with van der Waals surface area (Å²) in [6.45, 7) is 0.251. The van der Waals surface area contributed by atoms with Crippen molar-refractivity contribution in [3.8, 4) is 0 Å². The summed E-state index contributed by atoms with van der Waals surface area (Å²) >= 11 is 1.12. The lowest BCUT2D eigenvalue weighted by molar-refractivity contribution is -0.645. The molecule has 0 saturated carbocycles. The number of pyridine rings is 1. The predicted molar refractivity (Wildman–Crippen MR) is 101 cm³/mol. The maximum atomic E-state index is 12.4. The average Bonchev–Trinajstić information content (AvgIpc) is 3.19. The van der Waals surface area contributed by atoms with E-state index in [2.05, 4.69) is 10.6 Å². The molecule has 0 aliphatic rings. The van der Waals surface area contributed by atoms with Gasteiger partial charge in [-0.1, -0.05) is 12.1 Å². The Balaban J connectivity index is 1.60. The number of aromatic nitrogens is 1. The Kier molecular flexibility index (Phi) is 6.11. The van der Waals surface area contributed by atoms with Crippen LogP contribution in [0.3, 0.4) is 0 Å². The van der Waals surface area contributed by atoms with Crippen LogP contribution >= 0.6 is 11.8 Å². The Morgan fingerprint density at radius 1 is 1.07 bits per heavy atom. The Bertz CT molecular complexity index is 928. The molecule has 0 bridgehead atoms. The molecule has 0 aliphatic heterocycles. The van der Waals surface area contributed by atoms with E-state index in [1.807, 2.05) is 0 Å². The number of hydrogen-bond acceptors (Lipinski definition) is 5. The largest absolute Gasteiger partial charge is 0.618 e. The van der Waals surface area contributed by atoms with Crippen molar-refractivity contribution in [2.75, 3.05) is 11.1 Å². The SMILES string of the molecule is O=C(CSc1cccc[n+]1[O-])Nc1ccccc1C(=O)NCc1ccco1. The van der Waals surface area contributed by atoms with Crippen LogP contribution in [0.4, 0.5) is 5.69 Å². The van der Waals surface area contributed by atoms with Crippen molar-refractivity contribution in [1.82, 2.24) is 5.32 Å². The van der Waals surface area contributed by atoms with Gasteiger partial charge in [-0.3, -0.25) is 9.59 Å². The highest BCUT2D eigenvalue weighted by atomic mass is 32.2. The molecule has 0 aliphatic carbocycles. The van der Waals surface area contributed by atoms with Gasteiger partial charge in [0, 0.05) is 12.1 Å². The topological polar surface area (TPSA) is 98.3 Å². The van der Waals surface area contributed by atoms with E-state index in [4.69, 9.17) is 4.42 Å². The third-order valence-corrected chi connectivity index (χ3v) is 4.61. The maximum absolute atomic E-state index is 12.4. The molecule has 2 amide bonds. The van der Waals surface area contributed by atoms with E-state index in [0.717, 1.165) is 11.8 Å². The third-order valence-electron chi connectivity index (χ3n) is 3.59. The first-order valence-electron chi connectivity index (χ1n) is 8.14. The van der Waals surface area contributed by atoms with Gasteiger partial charge in [0.05, 0.1) is 29.8 Å². The van der Waals surface area contributed by atoms with Crippen LogP contribution in [-0.4, -0.2) is 17.6 Å². The molecule has 0 saturated heterocycles. The maximum Gasteiger partial charge on any atom is 0.253 e. The van der Waals surface area contributed by atoms with Crippen molar-refractivity contribution in [3.63, 3.8) is 0 Å². The van der Waals surface area contributed by atoms with Gasteiger partial charge in [0.25, 0.3) is 10.9 Å². The summed E-state index contributed by atoms with van der Waals surface area (Å²) < 4.78 is 5.89. The lowest BCUT2D eigenvalue weighted by Crippen LogP contribution is -2.28. The Hall–Kier alpha value is -3.26. The van der Waals surface area contributed by atoms with Gasteiger partial charge in [-0.2, -0.15) is 4.73 Å². The summed E-state index contributed by atoms with van der Waals surface area (Å²) in [7, 11) is 0. The van der Waals surface area contributed by atoms with E-state index < -0.39 is 0 Å². The number of furan rings is 1. The number of anilines is 1. The highest BCUT2D eigenvalue weighted by Gasteiger charge is 2.14. The van der Waals surface area contributed by atoms with Crippen molar-refractivity contribution < 1.29 is 18.7 Å². The summed E-state index contributed by atoms with van der Waals surface area (Å²) in [6.07, 6.45) is 2.91. The van der Waals surface area contributed by atoms with Crippen molar-refractivity contribution in [1.29, 1.82) is 0 Å². The molecular weight excluding hydrogens is 366 g/mol. The van der Waals surface area contributed by atoms with Crippen LogP contribution < -0.4 is 15.4 Å². The highest BCUT2D eigenvalue weighted by molar-refractivity contribution is 7.99. The fourth-order valence-corrected chi connectivity index (χ4v) is 3.03. The zero-order valence-electron chi connectivity index (χ0n) is 14.3. The molecule has 8 heteroatoms. The fourth-order valence-electron chi connectivity index (χ4n) is 2.32. The van der Waals surface area contributed by atoms with Crippen LogP contribution in [0.2, 0.25) is 0 Å². The smallest absolute Gasteiger partial charge is 0.253 e. The van der Waals surface area contributed by atoms with Crippen molar-refractivity contribution in [2.24, 2.45) is 0 Å². The van der Waals surface area contributed by atoms with Crippen LogP contribution in [0.25, 0.3) is 0 Å². The molecule has 1 aromatic carbocycles. The molecule has 27 heavy (non-hydrogen) atoms. The number of thioether (sulfide) groups is 1. The lowest BCUT2D eigenvalue weighted by Gasteiger charge is -2.11. The predicted octanol–water partition coefficient (Wildman–Crippen LogP) is 2.57. The van der Waals surface area contributed by atoms with Gasteiger partial charge in [-0.25, -0.2) is 0 Å². The second-order valence-electron chi connectivity index (χ2n) is 5.51. The quantitative estimate of drug-likeness (QED) is 0.371. The summed E-state index contributed by atoms with van der Waals surface area (Å²) in [6, 6.07) is 15.2. The molecule has 0 atom stereocenters. The summed E-state index contributed by atoms with van der Waals surface area (Å²) in [5, 5.41) is 17.5. The number of hydrogen-bond donors (Lipinski definition) is 2. The normalized spacial score (nSPS) is 10.4. The number of nitrogens with zero attached hydrogens (tertiary/aromatic N) is 1. The number of benzene rings is 1. The Morgan fingerprint density at radius 2 is 1.89 bits per heavy atom. The van der Waals surface area contributed by atoms with Gasteiger partial charge < -0.3 is 20.3 Å². The Labute approximate surface area is 160 Å². The number of nitrogens with one attached hydrogen (secondary N) is 2. The van der Waals surface area contributed by atoms with E-state index >= 15 is 0 Å². The summed E-state index contributed by atoms with van der Waals surface area (Å²) in [5.74, 6) is 0.0508. The van der Waals surface area contributed by atoms with E-state index in [-0.39, 0.29) is 24.1 Å². The molecule has 0 radical (unpaired) electrons. The van der Waals surface area contributed by atoms with Crippen LogP contribution in [0.1, 0.15) is 16.1 Å². The first-order chi connectivity index (χ1) is 13.1. The van der Waals surface area contributed by atoms with Crippen LogP contribution in [0.5, 0.6) is 0 Å². The zero-order valence-corrected chi connectivity index (χ0v) is 15.1. The van der Waals surface area contributed by atoms with Crippen molar-refractivity contribution >= 4 is 29.3 Å². The van der Waals surface area contributed by atoms with E-state index in [1.54, 1.807) is 54.6 Å². The van der Waals surface area contributed by atoms with Crippen LogP contribution in [0, 0.1) is 5.21 Å². The second-order valence-corrected chi connectivity index (χ2v) is 6.50. The number of para-hydroxylation sites is 1. The minimum absolute atomic E-state index is 0.0502. The average molecular weight is 383 g/mol. The molecule has 7 nitrogen and oxygen atoms in total. The van der Waals surface area contributed by atoms with Gasteiger partial charge >= 0.3 is 0 Å². The number of carbonyl (C=O) groups excluding carboxylic acids is 2. The first kappa shape index (κ1) is 18.5. The second kappa shape index (κ2) is 8.91. The van der Waals surface area contributed by atoms with E-state index in [0.29, 0.717) is 26.8 Å². The molecule has 0 fully saturated rings. The molecule has 3 rings (SSSR count). The standard InChI is InChI=1S/C19H17N3O4S/c23-17(13-27-18-9-3-4-10-22(18)25)21-16-8-2-1-7-15(16)19(24)20-12-14-6-5-11-26-14/h1-11H,12-13H2,(H,20,24)(H,21,23). The minimum atomic E-state index is -0.324. The molecule has 2 heterocycles. The van der Waals surface area contributed by atoms with Crippen molar-refractivity contribution in [3.05, 3.63) is 83.6 Å². The zero-order chi connectivity index (χ0) is 19.1. The summed E-state index contributed by atoms with van der Waals surface area (Å²) in [4.78, 5) is 24.6. The van der Waals surface area contributed by atoms with Gasteiger partial charge in [0.2, 0.25) is 5.91 Å². The number of rotatable bonds is 7. The third kappa shape index (κ3) is 5.11. The molecule has 138 valence electrons. The van der Waals surface area contributed by atoms with E-state index in [1.165, 1.54) is 12.5 Å². The van der Waals surface area contributed by atoms with Crippen molar-refractivity contribution in [2.45, 2.75) is 11.6 Å². The molecule has 3 aromatic rings. The molecular formula is C19H17N3O4S. The molecule has 0 unspecified atom stereocenters. The number of amides is 2. The lowest BCUT2D eigenvalue weighted by atomic mass is 10.1. The molecule has 2 aromatic heterocycles. The van der Waals surface area contributed by atoms with Gasteiger partial charge in [0.1, 0.15) is 5.76 Å². The molecule has 0 spiro atoms. The fraction of sp³-hybridized carbons (Fsp3) is 0.105. The van der Waals surface area contributed by atoms with Gasteiger partial charge in [-0.15, -0.1) is 0 Å². The molecule has 2 N–H and O–H groups in total.